The van der Waals surface area contributed by atoms with Crippen LogP contribution in [0.2, 0.25) is 0 Å². The SMILES string of the molecule is CCc1cccc(NC(=O)c2ccc(N)nc2)c1. The lowest BCUT2D eigenvalue weighted by atomic mass is 10.1. The van der Waals surface area contributed by atoms with Crippen molar-refractivity contribution in [3.8, 4) is 0 Å². The summed E-state index contributed by atoms with van der Waals surface area (Å²) in [5.41, 5.74) is 7.94. The van der Waals surface area contributed by atoms with Crippen molar-refractivity contribution in [3.05, 3.63) is 53.7 Å². The van der Waals surface area contributed by atoms with Crippen molar-refractivity contribution < 1.29 is 4.79 Å². The molecule has 1 aromatic heterocycles. The molecule has 1 aromatic carbocycles. The van der Waals surface area contributed by atoms with E-state index in [4.69, 9.17) is 5.73 Å². The summed E-state index contributed by atoms with van der Waals surface area (Å²) >= 11 is 0. The molecule has 1 heterocycles. The zero-order valence-corrected chi connectivity index (χ0v) is 10.2. The van der Waals surface area contributed by atoms with Crippen LogP contribution < -0.4 is 11.1 Å². The Labute approximate surface area is 106 Å². The highest BCUT2D eigenvalue weighted by Crippen LogP contribution is 2.12. The minimum Gasteiger partial charge on any atom is -0.384 e. The molecule has 4 heteroatoms. The van der Waals surface area contributed by atoms with Crippen molar-refractivity contribution in [3.63, 3.8) is 0 Å². The van der Waals surface area contributed by atoms with E-state index < -0.39 is 0 Å². The van der Waals surface area contributed by atoms with Gasteiger partial charge in [-0.05, 0) is 36.2 Å². The molecule has 0 atom stereocenters. The van der Waals surface area contributed by atoms with Crippen molar-refractivity contribution in [2.75, 3.05) is 11.1 Å². The Morgan fingerprint density at radius 3 is 2.83 bits per heavy atom. The van der Waals surface area contributed by atoms with Crippen LogP contribution in [0.1, 0.15) is 22.8 Å². The van der Waals surface area contributed by atoms with Gasteiger partial charge in [0.05, 0.1) is 5.56 Å². The summed E-state index contributed by atoms with van der Waals surface area (Å²) in [6.45, 7) is 2.07. The standard InChI is InChI=1S/C14H15N3O/c1-2-10-4-3-5-12(8-10)17-14(18)11-6-7-13(15)16-9-11/h3-9H,2H2,1H3,(H2,15,16)(H,17,18). The van der Waals surface area contributed by atoms with Crippen LogP contribution in [0, 0.1) is 0 Å². The highest BCUT2D eigenvalue weighted by atomic mass is 16.1. The van der Waals surface area contributed by atoms with E-state index in [2.05, 4.69) is 17.2 Å². The van der Waals surface area contributed by atoms with E-state index in [9.17, 15) is 4.79 Å². The van der Waals surface area contributed by atoms with Gasteiger partial charge in [0.15, 0.2) is 0 Å². The number of aryl methyl sites for hydroxylation is 1. The van der Waals surface area contributed by atoms with Crippen molar-refractivity contribution in [2.24, 2.45) is 0 Å². The normalized spacial score (nSPS) is 10.1. The summed E-state index contributed by atoms with van der Waals surface area (Å²) in [5.74, 6) is 0.218. The molecule has 1 amide bonds. The first-order valence-electron chi connectivity index (χ1n) is 5.81. The molecule has 0 radical (unpaired) electrons. The predicted octanol–water partition coefficient (Wildman–Crippen LogP) is 2.48. The number of nitrogens with two attached hydrogens (primary N) is 1. The van der Waals surface area contributed by atoms with Crippen LogP contribution in [0.3, 0.4) is 0 Å². The van der Waals surface area contributed by atoms with Crippen LogP contribution in [0.5, 0.6) is 0 Å². The number of pyridine rings is 1. The second-order valence-electron chi connectivity index (χ2n) is 3.98. The molecule has 0 fully saturated rings. The summed E-state index contributed by atoms with van der Waals surface area (Å²) in [6.07, 6.45) is 2.40. The molecule has 0 saturated heterocycles. The maximum atomic E-state index is 11.9. The van der Waals surface area contributed by atoms with Gasteiger partial charge in [0.2, 0.25) is 0 Å². The monoisotopic (exact) mass is 241 g/mol. The van der Waals surface area contributed by atoms with Crippen LogP contribution in [0.15, 0.2) is 42.6 Å². The molecule has 0 aliphatic carbocycles. The molecular formula is C14H15N3O. The number of carbonyl (C=O) groups excluding carboxylic acids is 1. The van der Waals surface area contributed by atoms with Crippen LogP contribution in [-0.4, -0.2) is 10.9 Å². The fraction of sp³-hybridized carbons (Fsp3) is 0.143. The molecule has 0 unspecified atom stereocenters. The molecular weight excluding hydrogens is 226 g/mol. The van der Waals surface area contributed by atoms with Gasteiger partial charge in [-0.3, -0.25) is 4.79 Å². The van der Waals surface area contributed by atoms with Crippen molar-refractivity contribution in [2.45, 2.75) is 13.3 Å². The van der Waals surface area contributed by atoms with Gasteiger partial charge >= 0.3 is 0 Å². The smallest absolute Gasteiger partial charge is 0.257 e. The first kappa shape index (κ1) is 12.1. The maximum Gasteiger partial charge on any atom is 0.257 e. The van der Waals surface area contributed by atoms with Gasteiger partial charge in [0.1, 0.15) is 5.82 Å². The third-order valence-corrected chi connectivity index (χ3v) is 2.64. The lowest BCUT2D eigenvalue weighted by Gasteiger charge is -2.06. The average molecular weight is 241 g/mol. The van der Waals surface area contributed by atoms with E-state index in [0.717, 1.165) is 12.1 Å². The molecule has 2 rings (SSSR count). The number of hydrogen-bond acceptors (Lipinski definition) is 3. The number of rotatable bonds is 3. The molecule has 18 heavy (non-hydrogen) atoms. The summed E-state index contributed by atoms with van der Waals surface area (Å²) < 4.78 is 0. The fourth-order valence-electron chi connectivity index (χ4n) is 1.61. The van der Waals surface area contributed by atoms with Crippen LogP contribution >= 0.6 is 0 Å². The van der Waals surface area contributed by atoms with Crippen LogP contribution in [0.25, 0.3) is 0 Å². The summed E-state index contributed by atoms with van der Waals surface area (Å²) in [5, 5.41) is 2.83. The number of anilines is 2. The molecule has 0 saturated carbocycles. The molecule has 0 aliphatic rings. The van der Waals surface area contributed by atoms with Gasteiger partial charge < -0.3 is 11.1 Å². The number of benzene rings is 1. The highest BCUT2D eigenvalue weighted by Gasteiger charge is 2.06. The fourth-order valence-corrected chi connectivity index (χ4v) is 1.61. The molecule has 3 N–H and O–H groups in total. The van der Waals surface area contributed by atoms with Gasteiger partial charge in [-0.1, -0.05) is 19.1 Å². The molecule has 0 bridgehead atoms. The Hall–Kier alpha value is -2.36. The van der Waals surface area contributed by atoms with Crippen molar-refractivity contribution in [1.82, 2.24) is 4.98 Å². The zero-order valence-electron chi connectivity index (χ0n) is 10.2. The number of nitrogen functional groups attached to an aromatic ring is 1. The van der Waals surface area contributed by atoms with Crippen molar-refractivity contribution in [1.29, 1.82) is 0 Å². The summed E-state index contributed by atoms with van der Waals surface area (Å²) in [6, 6.07) is 11.0. The summed E-state index contributed by atoms with van der Waals surface area (Å²) in [4.78, 5) is 15.8. The zero-order chi connectivity index (χ0) is 13.0. The molecule has 0 aliphatic heterocycles. The minimum absolute atomic E-state index is 0.184. The number of aromatic nitrogens is 1. The average Bonchev–Trinajstić information content (AvgIpc) is 2.39. The first-order chi connectivity index (χ1) is 8.69. The Morgan fingerprint density at radius 2 is 2.17 bits per heavy atom. The third kappa shape index (κ3) is 2.85. The Kier molecular flexibility index (Phi) is 3.57. The lowest BCUT2D eigenvalue weighted by Crippen LogP contribution is -2.12. The Bertz CT molecular complexity index is 549. The molecule has 92 valence electrons. The van der Waals surface area contributed by atoms with E-state index in [1.165, 1.54) is 11.8 Å². The van der Waals surface area contributed by atoms with E-state index in [1.807, 2.05) is 24.3 Å². The van der Waals surface area contributed by atoms with Gasteiger partial charge in [-0.25, -0.2) is 4.98 Å². The number of amides is 1. The Morgan fingerprint density at radius 1 is 1.33 bits per heavy atom. The number of nitrogens with zero attached hydrogens (tertiary/aromatic N) is 1. The second kappa shape index (κ2) is 5.31. The Balaban J connectivity index is 2.13. The van der Waals surface area contributed by atoms with Gasteiger partial charge in [-0.15, -0.1) is 0 Å². The molecule has 0 spiro atoms. The second-order valence-corrected chi connectivity index (χ2v) is 3.98. The van der Waals surface area contributed by atoms with Crippen LogP contribution in [0.4, 0.5) is 11.5 Å². The maximum absolute atomic E-state index is 11.9. The highest BCUT2D eigenvalue weighted by molar-refractivity contribution is 6.04. The predicted molar refractivity (Wildman–Crippen MR) is 72.4 cm³/mol. The number of nitrogens with one attached hydrogen (secondary N) is 1. The van der Waals surface area contributed by atoms with E-state index in [0.29, 0.717) is 11.4 Å². The first-order valence-corrected chi connectivity index (χ1v) is 5.81. The van der Waals surface area contributed by atoms with Gasteiger partial charge in [0.25, 0.3) is 5.91 Å². The minimum atomic E-state index is -0.184. The lowest BCUT2D eigenvalue weighted by molar-refractivity contribution is 0.102. The van der Waals surface area contributed by atoms with Crippen LogP contribution in [-0.2, 0) is 6.42 Å². The quantitative estimate of drug-likeness (QED) is 0.867. The molecule has 4 nitrogen and oxygen atoms in total. The van der Waals surface area contributed by atoms with E-state index in [-0.39, 0.29) is 5.91 Å². The third-order valence-electron chi connectivity index (χ3n) is 2.64. The van der Waals surface area contributed by atoms with Crippen molar-refractivity contribution >= 4 is 17.4 Å². The topological polar surface area (TPSA) is 68.0 Å². The van der Waals surface area contributed by atoms with E-state index >= 15 is 0 Å². The number of hydrogen-bond donors (Lipinski definition) is 2. The summed E-state index contributed by atoms with van der Waals surface area (Å²) in [7, 11) is 0. The number of carbonyl (C=O) groups is 1. The van der Waals surface area contributed by atoms with E-state index in [1.54, 1.807) is 12.1 Å². The van der Waals surface area contributed by atoms with Gasteiger partial charge in [0, 0.05) is 11.9 Å². The van der Waals surface area contributed by atoms with Gasteiger partial charge in [-0.2, -0.15) is 0 Å². The molecule has 2 aromatic rings. The largest absolute Gasteiger partial charge is 0.384 e.